The van der Waals surface area contributed by atoms with Crippen molar-refractivity contribution in [1.29, 1.82) is 0 Å². The number of amides is 3. The fourth-order valence-electron chi connectivity index (χ4n) is 2.65. The van der Waals surface area contributed by atoms with Crippen molar-refractivity contribution in [1.82, 2.24) is 10.2 Å². The van der Waals surface area contributed by atoms with Gasteiger partial charge in [-0.3, -0.25) is 4.79 Å². The topological polar surface area (TPSA) is 75.4 Å². The molecule has 3 amide bonds. The summed E-state index contributed by atoms with van der Waals surface area (Å²) in [5, 5.41) is 3.07. The van der Waals surface area contributed by atoms with Crippen molar-refractivity contribution in [2.45, 2.75) is 65.8 Å². The zero-order chi connectivity index (χ0) is 16.0. The van der Waals surface area contributed by atoms with E-state index in [-0.39, 0.29) is 18.0 Å². The van der Waals surface area contributed by atoms with Crippen LogP contribution >= 0.6 is 0 Å². The van der Waals surface area contributed by atoms with E-state index in [1.165, 1.54) is 0 Å². The van der Waals surface area contributed by atoms with E-state index in [1.807, 2.05) is 4.90 Å². The molecule has 21 heavy (non-hydrogen) atoms. The Bertz CT molecular complexity index is 355. The third kappa shape index (κ3) is 7.34. The Morgan fingerprint density at radius 1 is 1.29 bits per heavy atom. The van der Waals surface area contributed by atoms with Crippen molar-refractivity contribution in [3.63, 3.8) is 0 Å². The molecule has 0 bridgehead atoms. The molecule has 0 aromatic heterocycles. The van der Waals surface area contributed by atoms with E-state index in [9.17, 15) is 9.59 Å². The highest BCUT2D eigenvalue weighted by Gasteiger charge is 2.24. The maximum atomic E-state index is 12.2. The van der Waals surface area contributed by atoms with Gasteiger partial charge in [0.2, 0.25) is 5.91 Å². The van der Waals surface area contributed by atoms with Crippen LogP contribution in [0, 0.1) is 11.3 Å². The van der Waals surface area contributed by atoms with E-state index in [1.54, 1.807) is 0 Å². The van der Waals surface area contributed by atoms with Gasteiger partial charge in [0.1, 0.15) is 0 Å². The summed E-state index contributed by atoms with van der Waals surface area (Å²) >= 11 is 0. The first-order chi connectivity index (χ1) is 9.67. The molecule has 122 valence electrons. The van der Waals surface area contributed by atoms with Crippen LogP contribution in [0.4, 0.5) is 4.79 Å². The smallest absolute Gasteiger partial charge is 0.317 e. The Morgan fingerprint density at radius 3 is 2.33 bits per heavy atom. The molecule has 1 aliphatic rings. The monoisotopic (exact) mass is 297 g/mol. The van der Waals surface area contributed by atoms with Crippen LogP contribution in [0.5, 0.6) is 0 Å². The van der Waals surface area contributed by atoms with Crippen LogP contribution in [-0.2, 0) is 4.79 Å². The maximum absolute atomic E-state index is 12.2. The third-order valence-electron chi connectivity index (χ3n) is 4.09. The van der Waals surface area contributed by atoms with Gasteiger partial charge in [-0.15, -0.1) is 0 Å². The van der Waals surface area contributed by atoms with Crippen LogP contribution in [0.1, 0.15) is 59.8 Å². The first kappa shape index (κ1) is 17.8. The van der Waals surface area contributed by atoms with Crippen molar-refractivity contribution in [2.75, 3.05) is 13.1 Å². The zero-order valence-corrected chi connectivity index (χ0v) is 13.9. The van der Waals surface area contributed by atoms with Gasteiger partial charge in [0, 0.05) is 25.6 Å². The molecule has 1 atom stereocenters. The van der Waals surface area contributed by atoms with Crippen LogP contribution < -0.4 is 11.1 Å². The Morgan fingerprint density at radius 2 is 1.86 bits per heavy atom. The number of nitrogens with zero attached hydrogens (tertiary/aromatic N) is 1. The standard InChI is InChI=1S/C16H31N3O2/c1-12(5-8-16(2,3)4)18-15(21)19-9-6-13(7-10-19)11-14(17)20/h12-13H,5-11H2,1-4H3,(H2,17,20)(H,18,21)/t12-/m1/s1. The number of nitrogens with two attached hydrogens (primary N) is 1. The molecule has 0 unspecified atom stereocenters. The average molecular weight is 297 g/mol. The van der Waals surface area contributed by atoms with Gasteiger partial charge in [-0.2, -0.15) is 0 Å². The second-order valence-corrected chi connectivity index (χ2v) is 7.55. The molecule has 1 heterocycles. The number of hydrogen-bond acceptors (Lipinski definition) is 2. The SMILES string of the molecule is C[C@H](CCC(C)(C)C)NC(=O)N1CCC(CC(N)=O)CC1. The van der Waals surface area contributed by atoms with E-state index in [4.69, 9.17) is 5.73 Å². The predicted octanol–water partition coefficient (Wildman–Crippen LogP) is 2.50. The van der Waals surface area contributed by atoms with Crippen molar-refractivity contribution >= 4 is 11.9 Å². The molecule has 0 aromatic carbocycles. The van der Waals surface area contributed by atoms with Gasteiger partial charge < -0.3 is 16.0 Å². The van der Waals surface area contributed by atoms with Crippen LogP contribution in [0.25, 0.3) is 0 Å². The molecule has 5 nitrogen and oxygen atoms in total. The van der Waals surface area contributed by atoms with E-state index < -0.39 is 0 Å². The second-order valence-electron chi connectivity index (χ2n) is 7.55. The fourth-order valence-corrected chi connectivity index (χ4v) is 2.65. The van der Waals surface area contributed by atoms with Crippen LogP contribution in [0.2, 0.25) is 0 Å². The molecule has 1 rings (SSSR count). The molecule has 1 fully saturated rings. The molecule has 3 N–H and O–H groups in total. The highest BCUT2D eigenvalue weighted by molar-refractivity contribution is 5.75. The molecule has 0 aliphatic carbocycles. The van der Waals surface area contributed by atoms with Gasteiger partial charge >= 0.3 is 6.03 Å². The quantitative estimate of drug-likeness (QED) is 0.818. The summed E-state index contributed by atoms with van der Waals surface area (Å²) in [4.78, 5) is 24.9. The van der Waals surface area contributed by atoms with Crippen molar-refractivity contribution in [3.8, 4) is 0 Å². The highest BCUT2D eigenvalue weighted by atomic mass is 16.2. The zero-order valence-electron chi connectivity index (χ0n) is 13.9. The Kier molecular flexibility index (Phi) is 6.49. The summed E-state index contributed by atoms with van der Waals surface area (Å²) in [6.07, 6.45) is 4.26. The van der Waals surface area contributed by atoms with E-state index in [0.29, 0.717) is 17.8 Å². The Labute approximate surface area is 128 Å². The lowest BCUT2D eigenvalue weighted by Crippen LogP contribution is -2.47. The van der Waals surface area contributed by atoms with Crippen molar-refractivity contribution in [3.05, 3.63) is 0 Å². The average Bonchev–Trinajstić information content (AvgIpc) is 2.35. The van der Waals surface area contributed by atoms with E-state index >= 15 is 0 Å². The summed E-state index contributed by atoms with van der Waals surface area (Å²) in [6.45, 7) is 10.1. The normalized spacial score (nSPS) is 18.4. The first-order valence-electron chi connectivity index (χ1n) is 8.01. The molecular weight excluding hydrogens is 266 g/mol. The number of carbonyl (C=O) groups excluding carboxylic acids is 2. The molecule has 1 aliphatic heterocycles. The van der Waals surface area contributed by atoms with Gasteiger partial charge in [-0.1, -0.05) is 20.8 Å². The number of piperidine rings is 1. The van der Waals surface area contributed by atoms with Gasteiger partial charge in [-0.25, -0.2) is 4.79 Å². The van der Waals surface area contributed by atoms with Gasteiger partial charge in [-0.05, 0) is 43.9 Å². The number of primary amides is 1. The number of urea groups is 1. The summed E-state index contributed by atoms with van der Waals surface area (Å²) in [5.41, 5.74) is 5.52. The lowest BCUT2D eigenvalue weighted by molar-refractivity contribution is -0.119. The number of hydrogen-bond donors (Lipinski definition) is 2. The predicted molar refractivity (Wildman–Crippen MR) is 84.8 cm³/mol. The fraction of sp³-hybridized carbons (Fsp3) is 0.875. The maximum Gasteiger partial charge on any atom is 0.317 e. The molecule has 0 spiro atoms. The molecule has 0 radical (unpaired) electrons. The minimum Gasteiger partial charge on any atom is -0.370 e. The molecule has 0 saturated carbocycles. The second kappa shape index (κ2) is 7.66. The summed E-state index contributed by atoms with van der Waals surface area (Å²) in [5.74, 6) is 0.0959. The Balaban J connectivity index is 2.29. The van der Waals surface area contributed by atoms with Gasteiger partial charge in [0.05, 0.1) is 0 Å². The molecule has 1 saturated heterocycles. The highest BCUT2D eigenvalue weighted by Crippen LogP contribution is 2.22. The Hall–Kier alpha value is -1.26. The van der Waals surface area contributed by atoms with Crippen LogP contribution in [-0.4, -0.2) is 36.0 Å². The lowest BCUT2D eigenvalue weighted by atomic mass is 9.89. The van der Waals surface area contributed by atoms with E-state index in [2.05, 4.69) is 33.0 Å². The van der Waals surface area contributed by atoms with Crippen LogP contribution in [0.3, 0.4) is 0 Å². The number of likely N-dealkylation sites (tertiary alicyclic amines) is 1. The molecular formula is C16H31N3O2. The largest absolute Gasteiger partial charge is 0.370 e. The minimum atomic E-state index is -0.242. The number of carbonyl (C=O) groups is 2. The number of nitrogens with one attached hydrogen (secondary N) is 1. The van der Waals surface area contributed by atoms with Crippen molar-refractivity contribution in [2.24, 2.45) is 17.1 Å². The van der Waals surface area contributed by atoms with E-state index in [0.717, 1.165) is 38.8 Å². The van der Waals surface area contributed by atoms with Gasteiger partial charge in [0.15, 0.2) is 0 Å². The summed E-state index contributed by atoms with van der Waals surface area (Å²) in [6, 6.07) is 0.217. The minimum absolute atomic E-state index is 0.0222. The summed E-state index contributed by atoms with van der Waals surface area (Å²) in [7, 11) is 0. The van der Waals surface area contributed by atoms with Crippen molar-refractivity contribution < 1.29 is 9.59 Å². The van der Waals surface area contributed by atoms with Gasteiger partial charge in [0.25, 0.3) is 0 Å². The first-order valence-corrected chi connectivity index (χ1v) is 8.01. The summed E-state index contributed by atoms with van der Waals surface area (Å²) < 4.78 is 0. The third-order valence-corrected chi connectivity index (χ3v) is 4.09. The van der Waals surface area contributed by atoms with Crippen LogP contribution in [0.15, 0.2) is 0 Å². The number of rotatable bonds is 5. The lowest BCUT2D eigenvalue weighted by Gasteiger charge is -2.32. The molecule has 5 heteroatoms. The molecule has 0 aromatic rings.